The molecule has 0 N–H and O–H groups in total. The van der Waals surface area contributed by atoms with E-state index in [0.29, 0.717) is 23.0 Å². The summed E-state index contributed by atoms with van der Waals surface area (Å²) in [6, 6.07) is 0. The molecule has 0 aromatic rings. The van der Waals surface area contributed by atoms with E-state index in [2.05, 4.69) is 20.8 Å². The van der Waals surface area contributed by atoms with E-state index in [1.807, 2.05) is 0 Å². The van der Waals surface area contributed by atoms with Gasteiger partial charge in [-0.05, 0) is 43.4 Å². The van der Waals surface area contributed by atoms with E-state index >= 15 is 0 Å². The van der Waals surface area contributed by atoms with Crippen molar-refractivity contribution in [2.75, 3.05) is 0 Å². The fourth-order valence-electron chi connectivity index (χ4n) is 4.42. The standard InChI is InChI=1S/C15H26O/c1-4-5-13-6-7-15(10-13)8-11(2)14(16)12(3)9-15/h11-13H,4-10H2,1-3H3. The molecule has 0 radical (unpaired) electrons. The van der Waals surface area contributed by atoms with Crippen LogP contribution < -0.4 is 0 Å². The molecular weight excluding hydrogens is 196 g/mol. The molecule has 2 aliphatic rings. The average molecular weight is 222 g/mol. The molecule has 92 valence electrons. The zero-order valence-corrected chi connectivity index (χ0v) is 11.1. The van der Waals surface area contributed by atoms with Gasteiger partial charge in [0.25, 0.3) is 0 Å². The molecule has 2 rings (SSSR count). The van der Waals surface area contributed by atoms with E-state index in [9.17, 15) is 4.79 Å². The molecule has 1 spiro atoms. The first-order valence-electron chi connectivity index (χ1n) is 7.10. The van der Waals surface area contributed by atoms with Crippen LogP contribution in [0.1, 0.15) is 65.7 Å². The van der Waals surface area contributed by atoms with Gasteiger partial charge >= 0.3 is 0 Å². The van der Waals surface area contributed by atoms with Crippen LogP contribution in [-0.2, 0) is 4.79 Å². The molecule has 0 amide bonds. The van der Waals surface area contributed by atoms with Crippen molar-refractivity contribution >= 4 is 5.78 Å². The van der Waals surface area contributed by atoms with Crippen molar-refractivity contribution in [1.29, 1.82) is 0 Å². The molecular formula is C15H26O. The highest BCUT2D eigenvalue weighted by atomic mass is 16.1. The van der Waals surface area contributed by atoms with Gasteiger partial charge in [0, 0.05) is 11.8 Å². The van der Waals surface area contributed by atoms with Gasteiger partial charge in [-0.3, -0.25) is 4.79 Å². The summed E-state index contributed by atoms with van der Waals surface area (Å²) in [5.41, 5.74) is 0.548. The minimum atomic E-state index is 0.323. The van der Waals surface area contributed by atoms with Gasteiger partial charge in [0.15, 0.2) is 0 Å². The highest BCUT2D eigenvalue weighted by molar-refractivity contribution is 5.83. The van der Waals surface area contributed by atoms with Gasteiger partial charge in [-0.25, -0.2) is 0 Å². The molecule has 0 aromatic heterocycles. The maximum atomic E-state index is 11.9. The third-order valence-corrected chi connectivity index (χ3v) is 4.95. The monoisotopic (exact) mass is 222 g/mol. The molecule has 0 aliphatic heterocycles. The maximum absolute atomic E-state index is 11.9. The molecule has 1 heteroatoms. The Morgan fingerprint density at radius 1 is 1.19 bits per heavy atom. The zero-order chi connectivity index (χ0) is 11.8. The third kappa shape index (κ3) is 2.19. The third-order valence-electron chi connectivity index (χ3n) is 4.95. The van der Waals surface area contributed by atoms with Gasteiger partial charge < -0.3 is 0 Å². The lowest BCUT2D eigenvalue weighted by Crippen LogP contribution is -2.36. The van der Waals surface area contributed by atoms with Crippen LogP contribution in [0, 0.1) is 23.2 Å². The lowest BCUT2D eigenvalue weighted by atomic mass is 9.64. The highest BCUT2D eigenvalue weighted by Gasteiger charge is 2.45. The summed E-state index contributed by atoms with van der Waals surface area (Å²) in [6.07, 6.45) is 9.29. The Hall–Kier alpha value is -0.330. The maximum Gasteiger partial charge on any atom is 0.138 e. The van der Waals surface area contributed by atoms with Crippen molar-refractivity contribution in [3.63, 3.8) is 0 Å². The van der Waals surface area contributed by atoms with Crippen molar-refractivity contribution in [2.45, 2.75) is 65.7 Å². The minimum Gasteiger partial charge on any atom is -0.299 e. The molecule has 16 heavy (non-hydrogen) atoms. The van der Waals surface area contributed by atoms with Crippen LogP contribution in [0.3, 0.4) is 0 Å². The Morgan fingerprint density at radius 3 is 2.38 bits per heavy atom. The van der Waals surface area contributed by atoms with Gasteiger partial charge in [-0.15, -0.1) is 0 Å². The van der Waals surface area contributed by atoms with Crippen LogP contribution in [0.2, 0.25) is 0 Å². The van der Waals surface area contributed by atoms with Crippen molar-refractivity contribution in [2.24, 2.45) is 23.2 Å². The Kier molecular flexibility index (Phi) is 3.42. The number of ketones is 1. The fourth-order valence-corrected chi connectivity index (χ4v) is 4.42. The predicted octanol–water partition coefficient (Wildman–Crippen LogP) is 4.21. The second-order valence-electron chi connectivity index (χ2n) is 6.51. The van der Waals surface area contributed by atoms with E-state index < -0.39 is 0 Å². The van der Waals surface area contributed by atoms with Crippen LogP contribution in [-0.4, -0.2) is 5.78 Å². The SMILES string of the molecule is CCCC1CCC2(C1)CC(C)C(=O)C(C)C2. The minimum absolute atomic E-state index is 0.323. The molecule has 3 unspecified atom stereocenters. The van der Waals surface area contributed by atoms with Crippen LogP contribution in [0.25, 0.3) is 0 Å². The number of carbonyl (C=O) groups is 1. The summed E-state index contributed by atoms with van der Waals surface area (Å²) in [6.45, 7) is 6.58. The Morgan fingerprint density at radius 2 is 1.81 bits per heavy atom. The molecule has 2 fully saturated rings. The van der Waals surface area contributed by atoms with Gasteiger partial charge in [0.2, 0.25) is 0 Å². The zero-order valence-electron chi connectivity index (χ0n) is 11.1. The summed E-state index contributed by atoms with van der Waals surface area (Å²) < 4.78 is 0. The first-order chi connectivity index (χ1) is 7.56. The predicted molar refractivity (Wildman–Crippen MR) is 67.3 cm³/mol. The number of Topliss-reactive ketones (excluding diaryl/α,β-unsaturated/α-hetero) is 1. The highest BCUT2D eigenvalue weighted by Crippen LogP contribution is 2.54. The van der Waals surface area contributed by atoms with E-state index in [-0.39, 0.29) is 0 Å². The van der Waals surface area contributed by atoms with Gasteiger partial charge in [-0.2, -0.15) is 0 Å². The molecule has 2 saturated carbocycles. The quantitative estimate of drug-likeness (QED) is 0.684. The fraction of sp³-hybridized carbons (Fsp3) is 0.933. The smallest absolute Gasteiger partial charge is 0.138 e. The number of carbonyl (C=O) groups excluding carboxylic acids is 1. The summed E-state index contributed by atoms with van der Waals surface area (Å²) in [5.74, 6) is 2.12. The van der Waals surface area contributed by atoms with E-state index in [1.54, 1.807) is 0 Å². The van der Waals surface area contributed by atoms with E-state index in [4.69, 9.17) is 0 Å². The van der Waals surface area contributed by atoms with Crippen molar-refractivity contribution in [3.8, 4) is 0 Å². The normalized spacial score (nSPS) is 44.2. The second kappa shape index (κ2) is 4.50. The Labute approximate surface area is 100.0 Å². The summed E-state index contributed by atoms with van der Waals surface area (Å²) >= 11 is 0. The largest absolute Gasteiger partial charge is 0.299 e. The topological polar surface area (TPSA) is 17.1 Å². The van der Waals surface area contributed by atoms with Crippen LogP contribution in [0.5, 0.6) is 0 Å². The van der Waals surface area contributed by atoms with Gasteiger partial charge in [0.05, 0.1) is 0 Å². The van der Waals surface area contributed by atoms with Gasteiger partial charge in [-0.1, -0.05) is 33.6 Å². The van der Waals surface area contributed by atoms with Crippen LogP contribution >= 0.6 is 0 Å². The summed E-state index contributed by atoms with van der Waals surface area (Å²) in [7, 11) is 0. The summed E-state index contributed by atoms with van der Waals surface area (Å²) in [4.78, 5) is 11.9. The second-order valence-corrected chi connectivity index (χ2v) is 6.51. The van der Waals surface area contributed by atoms with Crippen LogP contribution in [0.15, 0.2) is 0 Å². The first kappa shape index (κ1) is 12.1. The van der Waals surface area contributed by atoms with Gasteiger partial charge in [0.1, 0.15) is 5.78 Å². The molecule has 2 aliphatic carbocycles. The van der Waals surface area contributed by atoms with Crippen molar-refractivity contribution in [3.05, 3.63) is 0 Å². The molecule has 3 atom stereocenters. The van der Waals surface area contributed by atoms with E-state index in [0.717, 1.165) is 5.92 Å². The molecule has 0 bridgehead atoms. The summed E-state index contributed by atoms with van der Waals surface area (Å²) in [5, 5.41) is 0. The molecule has 0 saturated heterocycles. The number of hydrogen-bond acceptors (Lipinski definition) is 1. The lowest BCUT2D eigenvalue weighted by Gasteiger charge is -2.39. The Bertz CT molecular complexity index is 255. The van der Waals surface area contributed by atoms with Crippen molar-refractivity contribution < 1.29 is 4.79 Å². The average Bonchev–Trinajstić information content (AvgIpc) is 2.59. The Balaban J connectivity index is 2.02. The van der Waals surface area contributed by atoms with E-state index in [1.165, 1.54) is 44.9 Å². The van der Waals surface area contributed by atoms with Crippen LogP contribution in [0.4, 0.5) is 0 Å². The molecule has 0 aromatic carbocycles. The molecule has 0 heterocycles. The first-order valence-corrected chi connectivity index (χ1v) is 7.10. The molecule has 1 nitrogen and oxygen atoms in total. The lowest BCUT2D eigenvalue weighted by molar-refractivity contribution is -0.131. The van der Waals surface area contributed by atoms with Crippen molar-refractivity contribution in [1.82, 2.24) is 0 Å². The number of rotatable bonds is 2. The number of hydrogen-bond donors (Lipinski definition) is 0.